The molecule has 1 aliphatic rings. The number of nitrogens with one attached hydrogen (secondary N) is 3. The van der Waals surface area contributed by atoms with E-state index >= 15 is 0 Å². The summed E-state index contributed by atoms with van der Waals surface area (Å²) in [7, 11) is 0. The lowest BCUT2D eigenvalue weighted by Crippen LogP contribution is -2.07. The number of nitrogens with zero attached hydrogens (tertiary/aromatic N) is 2. The first-order valence-electron chi connectivity index (χ1n) is 5.75. The Bertz CT molecular complexity index is 585. The molecule has 7 heteroatoms. The van der Waals surface area contributed by atoms with Crippen LogP contribution in [0.4, 0.5) is 11.6 Å². The third-order valence-corrected chi connectivity index (χ3v) is 2.88. The van der Waals surface area contributed by atoms with Crippen LogP contribution in [0.15, 0.2) is 23.3 Å². The van der Waals surface area contributed by atoms with Crippen LogP contribution in [0.2, 0.25) is 0 Å². The molecule has 1 saturated heterocycles. The molecule has 0 amide bonds. The van der Waals surface area contributed by atoms with Gasteiger partial charge >= 0.3 is 0 Å². The molecular weight excluding hydrogens is 234 g/mol. The van der Waals surface area contributed by atoms with Gasteiger partial charge in [-0.3, -0.25) is 14.9 Å². The van der Waals surface area contributed by atoms with Crippen LogP contribution < -0.4 is 10.9 Å². The topological polar surface area (TPSA) is 95.7 Å². The van der Waals surface area contributed by atoms with Crippen LogP contribution in [0.3, 0.4) is 0 Å². The van der Waals surface area contributed by atoms with Gasteiger partial charge in [-0.15, -0.1) is 0 Å². The number of hydrogen-bond acceptors (Lipinski definition) is 5. The van der Waals surface area contributed by atoms with Crippen molar-refractivity contribution in [2.75, 3.05) is 18.5 Å². The zero-order valence-corrected chi connectivity index (χ0v) is 9.64. The predicted octanol–water partition coefficient (Wildman–Crippen LogP) is 0.740. The molecule has 2 aromatic rings. The van der Waals surface area contributed by atoms with E-state index in [1.165, 1.54) is 12.4 Å². The first kappa shape index (κ1) is 11.0. The minimum atomic E-state index is -0.250. The van der Waals surface area contributed by atoms with Gasteiger partial charge in [0, 0.05) is 24.3 Å². The van der Waals surface area contributed by atoms with Gasteiger partial charge in [-0.05, 0) is 6.42 Å². The van der Waals surface area contributed by atoms with Crippen LogP contribution in [0.25, 0.3) is 0 Å². The number of aromatic nitrogens is 4. The second-order valence-corrected chi connectivity index (χ2v) is 4.20. The van der Waals surface area contributed by atoms with Crippen LogP contribution in [0.1, 0.15) is 18.0 Å². The highest BCUT2D eigenvalue weighted by molar-refractivity contribution is 5.50. The molecule has 1 aliphatic heterocycles. The van der Waals surface area contributed by atoms with Gasteiger partial charge in [-0.1, -0.05) is 0 Å². The van der Waals surface area contributed by atoms with Crippen LogP contribution in [0.5, 0.6) is 0 Å². The maximum absolute atomic E-state index is 11.1. The van der Waals surface area contributed by atoms with E-state index in [-0.39, 0.29) is 5.56 Å². The molecule has 0 aliphatic carbocycles. The predicted molar refractivity (Wildman–Crippen MR) is 64.9 cm³/mol. The molecule has 0 radical (unpaired) electrons. The molecule has 1 fully saturated rings. The Labute approximate surface area is 103 Å². The van der Waals surface area contributed by atoms with Crippen molar-refractivity contribution < 1.29 is 4.74 Å². The van der Waals surface area contributed by atoms with E-state index in [1.54, 1.807) is 0 Å². The van der Waals surface area contributed by atoms with Crippen molar-refractivity contribution >= 4 is 11.6 Å². The first-order valence-corrected chi connectivity index (χ1v) is 5.75. The number of rotatable bonds is 3. The van der Waals surface area contributed by atoms with Gasteiger partial charge < -0.3 is 15.0 Å². The normalized spacial score (nSPS) is 19.0. The van der Waals surface area contributed by atoms with Crippen molar-refractivity contribution in [3.8, 4) is 0 Å². The molecule has 94 valence electrons. The van der Waals surface area contributed by atoms with Crippen molar-refractivity contribution in [2.45, 2.75) is 12.3 Å². The molecule has 0 saturated carbocycles. The zero-order chi connectivity index (χ0) is 12.4. The lowest BCUT2D eigenvalue weighted by Gasteiger charge is -2.02. The van der Waals surface area contributed by atoms with Gasteiger partial charge in [0.25, 0.3) is 5.56 Å². The Hall–Kier alpha value is -2.15. The van der Waals surface area contributed by atoms with E-state index in [4.69, 9.17) is 4.74 Å². The fraction of sp³-hybridized carbons (Fsp3) is 0.364. The van der Waals surface area contributed by atoms with Crippen LogP contribution >= 0.6 is 0 Å². The molecule has 3 heterocycles. The van der Waals surface area contributed by atoms with Gasteiger partial charge in [0.1, 0.15) is 5.82 Å². The summed E-state index contributed by atoms with van der Waals surface area (Å²) < 4.78 is 5.33. The monoisotopic (exact) mass is 247 g/mol. The van der Waals surface area contributed by atoms with Crippen molar-refractivity contribution in [1.82, 2.24) is 20.2 Å². The van der Waals surface area contributed by atoms with E-state index < -0.39 is 0 Å². The molecule has 18 heavy (non-hydrogen) atoms. The maximum Gasteiger partial charge on any atom is 0.267 e. The van der Waals surface area contributed by atoms with Gasteiger partial charge in [-0.25, -0.2) is 0 Å². The molecule has 3 rings (SSSR count). The Morgan fingerprint density at radius 1 is 1.44 bits per heavy atom. The summed E-state index contributed by atoms with van der Waals surface area (Å²) >= 11 is 0. The van der Waals surface area contributed by atoms with Gasteiger partial charge in [0.15, 0.2) is 5.82 Å². The van der Waals surface area contributed by atoms with E-state index in [1.807, 2.05) is 6.07 Å². The Morgan fingerprint density at radius 2 is 2.39 bits per heavy atom. The van der Waals surface area contributed by atoms with Gasteiger partial charge in [0.05, 0.1) is 19.0 Å². The summed E-state index contributed by atoms with van der Waals surface area (Å²) in [6.07, 6.45) is 3.76. The van der Waals surface area contributed by atoms with E-state index in [0.717, 1.165) is 25.3 Å². The van der Waals surface area contributed by atoms with Crippen molar-refractivity contribution in [1.29, 1.82) is 0 Å². The maximum atomic E-state index is 11.1. The molecule has 0 spiro atoms. The van der Waals surface area contributed by atoms with Crippen molar-refractivity contribution in [3.63, 3.8) is 0 Å². The summed E-state index contributed by atoms with van der Waals surface area (Å²) in [5.41, 5.74) is 0.793. The second-order valence-electron chi connectivity index (χ2n) is 4.20. The summed E-state index contributed by atoms with van der Waals surface area (Å²) in [6.45, 7) is 1.52. The summed E-state index contributed by atoms with van der Waals surface area (Å²) in [6, 6.07) is 1.92. The van der Waals surface area contributed by atoms with E-state index in [9.17, 15) is 4.79 Å². The largest absolute Gasteiger partial charge is 0.381 e. The van der Waals surface area contributed by atoms with E-state index in [0.29, 0.717) is 17.6 Å². The number of H-pyrrole nitrogens is 2. The van der Waals surface area contributed by atoms with Crippen LogP contribution in [-0.2, 0) is 4.74 Å². The summed E-state index contributed by atoms with van der Waals surface area (Å²) in [5, 5.41) is 10.1. The SMILES string of the molecule is O=c1cncc(Nc2cc(C3CCOC3)[nH]n2)[nH]1. The third-order valence-electron chi connectivity index (χ3n) is 2.88. The summed E-state index contributed by atoms with van der Waals surface area (Å²) in [4.78, 5) is 17.5. The van der Waals surface area contributed by atoms with Crippen molar-refractivity contribution in [3.05, 3.63) is 34.5 Å². The zero-order valence-electron chi connectivity index (χ0n) is 9.64. The third kappa shape index (κ3) is 2.25. The van der Waals surface area contributed by atoms with Gasteiger partial charge in [-0.2, -0.15) is 5.10 Å². The second kappa shape index (κ2) is 4.61. The smallest absolute Gasteiger partial charge is 0.267 e. The Morgan fingerprint density at radius 3 is 3.17 bits per heavy atom. The molecule has 1 unspecified atom stereocenters. The van der Waals surface area contributed by atoms with Crippen molar-refractivity contribution in [2.24, 2.45) is 0 Å². The molecule has 7 nitrogen and oxygen atoms in total. The Balaban J connectivity index is 1.75. The van der Waals surface area contributed by atoms with Gasteiger partial charge in [0.2, 0.25) is 0 Å². The standard InChI is InChI=1S/C11H13N5O2/c17-11-5-12-4-10(14-11)13-9-3-8(15-16-9)7-1-2-18-6-7/h3-5,7H,1-2,6H2,(H3,13,14,15,16,17). The number of hydrogen-bond donors (Lipinski definition) is 3. The number of aromatic amines is 2. The fourth-order valence-electron chi connectivity index (χ4n) is 1.97. The number of ether oxygens (including phenoxy) is 1. The lowest BCUT2D eigenvalue weighted by atomic mass is 10.1. The average Bonchev–Trinajstić information content (AvgIpc) is 2.98. The molecule has 2 aromatic heterocycles. The summed E-state index contributed by atoms with van der Waals surface area (Å²) in [5.74, 6) is 1.55. The highest BCUT2D eigenvalue weighted by Crippen LogP contribution is 2.25. The van der Waals surface area contributed by atoms with Crippen LogP contribution in [0, 0.1) is 0 Å². The average molecular weight is 247 g/mol. The molecule has 3 N–H and O–H groups in total. The highest BCUT2D eigenvalue weighted by Gasteiger charge is 2.19. The highest BCUT2D eigenvalue weighted by atomic mass is 16.5. The molecule has 0 bridgehead atoms. The van der Waals surface area contributed by atoms with Crippen LogP contribution in [-0.4, -0.2) is 33.4 Å². The first-order chi connectivity index (χ1) is 8.81. The molecule has 1 atom stereocenters. The molecule has 0 aromatic carbocycles. The fourth-order valence-corrected chi connectivity index (χ4v) is 1.97. The number of anilines is 2. The van der Waals surface area contributed by atoms with E-state index in [2.05, 4.69) is 25.5 Å². The Kier molecular flexibility index (Phi) is 2.81. The minimum absolute atomic E-state index is 0.250. The minimum Gasteiger partial charge on any atom is -0.381 e. The molecular formula is C11H13N5O2. The lowest BCUT2D eigenvalue weighted by molar-refractivity contribution is 0.193. The quantitative estimate of drug-likeness (QED) is 0.743.